The molecule has 0 aromatic carbocycles. The minimum absolute atomic E-state index is 0.0694. The molecule has 110 valence electrons. The molecule has 0 aliphatic carbocycles. The van der Waals surface area contributed by atoms with Crippen molar-refractivity contribution in [3.63, 3.8) is 0 Å². The Kier molecular flexibility index (Phi) is 4.44. The average Bonchev–Trinajstić information content (AvgIpc) is 2.48. The molecule has 1 saturated heterocycles. The lowest BCUT2D eigenvalue weighted by molar-refractivity contribution is -0.147. The number of nitrogens with zero attached hydrogens (tertiary/aromatic N) is 2. The first kappa shape index (κ1) is 15.7. The molecule has 1 aliphatic rings. The molecule has 7 nitrogen and oxygen atoms in total. The molecule has 0 radical (unpaired) electrons. The highest BCUT2D eigenvalue weighted by molar-refractivity contribution is 7.91. The first-order valence-corrected chi connectivity index (χ1v) is 7.86. The lowest BCUT2D eigenvalue weighted by Crippen LogP contribution is -2.55. The summed E-state index contributed by atoms with van der Waals surface area (Å²) >= 11 is 0. The fourth-order valence-electron chi connectivity index (χ4n) is 1.72. The minimum atomic E-state index is -3.09. The lowest BCUT2D eigenvalue weighted by atomic mass is 10.0. The van der Waals surface area contributed by atoms with E-state index >= 15 is 0 Å². The van der Waals surface area contributed by atoms with Gasteiger partial charge < -0.3 is 14.9 Å². The van der Waals surface area contributed by atoms with E-state index in [1.807, 2.05) is 0 Å². The van der Waals surface area contributed by atoms with E-state index < -0.39 is 27.4 Å². The second-order valence-corrected chi connectivity index (χ2v) is 7.50. The minimum Gasteiger partial charge on any atom is -0.480 e. The van der Waals surface area contributed by atoms with Crippen molar-refractivity contribution in [3.05, 3.63) is 0 Å². The van der Waals surface area contributed by atoms with Crippen LogP contribution in [0.4, 0.5) is 4.79 Å². The molecule has 0 aromatic rings. The van der Waals surface area contributed by atoms with E-state index in [0.29, 0.717) is 13.0 Å². The quantitative estimate of drug-likeness (QED) is 0.774. The third-order valence-corrected chi connectivity index (χ3v) is 5.19. The molecule has 1 aliphatic heterocycles. The van der Waals surface area contributed by atoms with Crippen LogP contribution in [0.2, 0.25) is 0 Å². The van der Waals surface area contributed by atoms with Crippen LogP contribution in [0.5, 0.6) is 0 Å². The molecule has 0 atom stereocenters. The van der Waals surface area contributed by atoms with Crippen molar-refractivity contribution in [2.45, 2.75) is 25.8 Å². The molecule has 1 rings (SSSR count). The van der Waals surface area contributed by atoms with Crippen LogP contribution in [-0.2, 0) is 14.6 Å². The van der Waals surface area contributed by atoms with Gasteiger partial charge in [-0.25, -0.2) is 18.0 Å². The maximum absolute atomic E-state index is 12.2. The Morgan fingerprint density at radius 1 is 1.21 bits per heavy atom. The smallest absolute Gasteiger partial charge is 0.329 e. The van der Waals surface area contributed by atoms with Crippen molar-refractivity contribution < 1.29 is 23.1 Å². The van der Waals surface area contributed by atoms with Crippen molar-refractivity contribution in [1.82, 2.24) is 9.80 Å². The van der Waals surface area contributed by atoms with E-state index in [-0.39, 0.29) is 18.1 Å². The molecule has 0 aromatic heterocycles. The van der Waals surface area contributed by atoms with Crippen molar-refractivity contribution >= 4 is 21.8 Å². The predicted molar refractivity (Wildman–Crippen MR) is 69.7 cm³/mol. The topological polar surface area (TPSA) is 95.0 Å². The van der Waals surface area contributed by atoms with Crippen LogP contribution in [0.1, 0.15) is 20.3 Å². The Morgan fingerprint density at radius 3 is 2.32 bits per heavy atom. The maximum Gasteiger partial charge on any atom is 0.329 e. The molecule has 0 saturated carbocycles. The number of aliphatic carboxylic acids is 1. The van der Waals surface area contributed by atoms with E-state index in [2.05, 4.69) is 0 Å². The largest absolute Gasteiger partial charge is 0.480 e. The number of rotatable bonds is 2. The summed E-state index contributed by atoms with van der Waals surface area (Å²) in [5.41, 5.74) is -1.33. The molecular formula is C11H20N2O5S. The number of likely N-dealkylation sites (N-methyl/N-ethyl adjacent to an activating group) is 1. The summed E-state index contributed by atoms with van der Waals surface area (Å²) in [6, 6.07) is -0.454. The molecule has 19 heavy (non-hydrogen) atoms. The zero-order chi connectivity index (χ0) is 14.8. The van der Waals surface area contributed by atoms with Gasteiger partial charge >= 0.3 is 12.0 Å². The first-order chi connectivity index (χ1) is 8.58. The molecular weight excluding hydrogens is 272 g/mol. The highest BCUT2D eigenvalue weighted by Gasteiger charge is 2.37. The number of carboxylic acids is 1. The number of urea groups is 1. The van der Waals surface area contributed by atoms with Gasteiger partial charge in [-0.2, -0.15) is 0 Å². The molecule has 0 unspecified atom stereocenters. The Morgan fingerprint density at radius 2 is 1.79 bits per heavy atom. The molecule has 0 bridgehead atoms. The number of carboxylic acid groups (broad SMARTS) is 1. The first-order valence-electron chi connectivity index (χ1n) is 6.04. The van der Waals surface area contributed by atoms with Crippen molar-refractivity contribution in [3.8, 4) is 0 Å². The van der Waals surface area contributed by atoms with Gasteiger partial charge in [-0.1, -0.05) is 0 Å². The van der Waals surface area contributed by atoms with Crippen LogP contribution >= 0.6 is 0 Å². The summed E-state index contributed by atoms with van der Waals surface area (Å²) in [6.45, 7) is 3.31. The van der Waals surface area contributed by atoms with E-state index in [9.17, 15) is 18.0 Å². The van der Waals surface area contributed by atoms with Crippen LogP contribution in [0.25, 0.3) is 0 Å². The fourth-order valence-corrected chi connectivity index (χ4v) is 3.00. The SMILES string of the molecule is CN(C(=O)N1CCCS(=O)(=O)CC1)C(C)(C)C(=O)O. The van der Waals surface area contributed by atoms with Crippen LogP contribution < -0.4 is 0 Å². The Hall–Kier alpha value is -1.31. The molecule has 1 heterocycles. The van der Waals surface area contributed by atoms with Gasteiger partial charge in [0.1, 0.15) is 5.54 Å². The van der Waals surface area contributed by atoms with Crippen molar-refractivity contribution in [1.29, 1.82) is 0 Å². The summed E-state index contributed by atoms with van der Waals surface area (Å²) in [7, 11) is -1.68. The van der Waals surface area contributed by atoms with Gasteiger partial charge in [-0.3, -0.25) is 0 Å². The number of sulfone groups is 1. The third kappa shape index (κ3) is 3.59. The van der Waals surface area contributed by atoms with Gasteiger partial charge in [0.2, 0.25) is 0 Å². The number of carbonyl (C=O) groups excluding carboxylic acids is 1. The zero-order valence-corrected chi connectivity index (χ0v) is 12.2. The summed E-state index contributed by atoms with van der Waals surface area (Å²) in [4.78, 5) is 25.8. The molecule has 1 fully saturated rings. The van der Waals surface area contributed by atoms with E-state index in [0.717, 1.165) is 4.90 Å². The highest BCUT2D eigenvalue weighted by Crippen LogP contribution is 2.16. The molecule has 2 amide bonds. The number of amides is 2. The lowest BCUT2D eigenvalue weighted by Gasteiger charge is -2.35. The zero-order valence-electron chi connectivity index (χ0n) is 11.4. The predicted octanol–water partition coefficient (Wildman–Crippen LogP) is 0.0219. The molecule has 1 N–H and O–H groups in total. The van der Waals surface area contributed by atoms with E-state index in [1.165, 1.54) is 25.8 Å². The Balaban J connectivity index is 2.81. The monoisotopic (exact) mass is 292 g/mol. The van der Waals surface area contributed by atoms with Gasteiger partial charge in [0.15, 0.2) is 9.84 Å². The standard InChI is InChI=1S/C11H20N2O5S/c1-11(2,9(14)15)12(3)10(16)13-5-4-7-19(17,18)8-6-13/h4-8H2,1-3H3,(H,14,15). The number of hydrogen-bond acceptors (Lipinski definition) is 4. The van der Waals surface area contributed by atoms with Gasteiger partial charge in [-0.15, -0.1) is 0 Å². The number of hydrogen-bond donors (Lipinski definition) is 1. The molecule has 8 heteroatoms. The average molecular weight is 292 g/mol. The maximum atomic E-state index is 12.2. The Labute approximate surface area is 113 Å². The van der Waals surface area contributed by atoms with Crippen LogP contribution in [0.15, 0.2) is 0 Å². The van der Waals surface area contributed by atoms with Crippen molar-refractivity contribution in [2.75, 3.05) is 31.6 Å². The van der Waals surface area contributed by atoms with Crippen molar-refractivity contribution in [2.24, 2.45) is 0 Å². The van der Waals surface area contributed by atoms with Crippen LogP contribution in [-0.4, -0.2) is 72.5 Å². The summed E-state index contributed by atoms with van der Waals surface area (Å²) in [5.74, 6) is -1.10. The second-order valence-electron chi connectivity index (χ2n) is 5.20. The fraction of sp³-hybridized carbons (Fsp3) is 0.818. The van der Waals surface area contributed by atoms with Gasteiger partial charge in [0, 0.05) is 20.1 Å². The van der Waals surface area contributed by atoms with Gasteiger partial charge in [0.25, 0.3) is 0 Å². The van der Waals surface area contributed by atoms with Crippen LogP contribution in [0.3, 0.4) is 0 Å². The van der Waals surface area contributed by atoms with E-state index in [4.69, 9.17) is 5.11 Å². The molecule has 0 spiro atoms. The summed E-state index contributed by atoms with van der Waals surface area (Å²) < 4.78 is 22.9. The Bertz CT molecular complexity index is 471. The summed E-state index contributed by atoms with van der Waals surface area (Å²) in [5, 5.41) is 9.09. The van der Waals surface area contributed by atoms with Gasteiger partial charge in [-0.05, 0) is 20.3 Å². The summed E-state index contributed by atoms with van der Waals surface area (Å²) in [6.07, 6.45) is 0.384. The highest BCUT2D eigenvalue weighted by atomic mass is 32.2. The normalized spacial score (nSPS) is 19.6. The van der Waals surface area contributed by atoms with Gasteiger partial charge in [0.05, 0.1) is 11.5 Å². The second kappa shape index (κ2) is 5.36. The van der Waals surface area contributed by atoms with E-state index in [1.54, 1.807) is 0 Å². The number of carbonyl (C=O) groups is 2. The third-order valence-electron chi connectivity index (χ3n) is 3.47. The van der Waals surface area contributed by atoms with Crippen LogP contribution in [0, 0.1) is 0 Å².